The van der Waals surface area contributed by atoms with Crippen molar-refractivity contribution < 1.29 is 13.9 Å². The van der Waals surface area contributed by atoms with Crippen molar-refractivity contribution in [2.45, 2.75) is 30.2 Å². The number of aliphatic hydroxyl groups is 1. The third-order valence-electron chi connectivity index (χ3n) is 2.68. The molecule has 0 aliphatic rings. The quantitative estimate of drug-likeness (QED) is 0.733. The van der Waals surface area contributed by atoms with Gasteiger partial charge in [-0.05, 0) is 30.7 Å². The summed E-state index contributed by atoms with van der Waals surface area (Å²) in [5, 5.41) is 19.8. The van der Waals surface area contributed by atoms with Crippen molar-refractivity contribution in [1.29, 1.82) is 0 Å². The first-order chi connectivity index (χ1) is 10.2. The van der Waals surface area contributed by atoms with E-state index in [1.54, 1.807) is 28.9 Å². The molecule has 8 heteroatoms. The lowest BCUT2D eigenvalue weighted by Gasteiger charge is -2.05. The molecule has 0 spiro atoms. The van der Waals surface area contributed by atoms with Crippen molar-refractivity contribution in [2.24, 2.45) is 0 Å². The molecule has 0 bridgehead atoms. The van der Waals surface area contributed by atoms with Gasteiger partial charge in [-0.3, -0.25) is 4.68 Å². The number of benzene rings is 1. The highest BCUT2D eigenvalue weighted by Gasteiger charge is 2.05. The first-order valence-electron chi connectivity index (χ1n) is 6.46. The van der Waals surface area contributed by atoms with Crippen molar-refractivity contribution in [3.8, 4) is 0 Å². The largest absolute Gasteiger partial charge is 0.396 e. The number of aromatic nitrogens is 3. The summed E-state index contributed by atoms with van der Waals surface area (Å²) in [6.45, 7) is 1.25. The highest BCUT2D eigenvalue weighted by atomic mass is 32.2. The Morgan fingerprint density at radius 2 is 2.05 bits per heavy atom. The lowest BCUT2D eigenvalue weighted by Crippen LogP contribution is -2.01. The summed E-state index contributed by atoms with van der Waals surface area (Å²) < 4.78 is 26.1. The predicted octanol–water partition coefficient (Wildman–Crippen LogP) is 2.59. The number of aryl methyl sites for hydroxylation is 1. The van der Waals surface area contributed by atoms with Crippen molar-refractivity contribution in [3.05, 3.63) is 36.2 Å². The Hall–Kier alpha value is -1.67. The van der Waals surface area contributed by atoms with Gasteiger partial charge in [0.15, 0.2) is 0 Å². The molecule has 0 amide bonds. The normalized spacial score (nSPS) is 11.0. The minimum Gasteiger partial charge on any atom is -0.396 e. The van der Waals surface area contributed by atoms with E-state index >= 15 is 0 Å². The lowest BCUT2D eigenvalue weighted by molar-refractivity contribution is 0.252. The molecule has 2 aromatic rings. The molecule has 2 N–H and O–H groups in total. The molecular weight excluding hydrogens is 298 g/mol. The molecule has 5 nitrogen and oxygen atoms in total. The van der Waals surface area contributed by atoms with Gasteiger partial charge in [0.1, 0.15) is 5.69 Å². The zero-order valence-corrected chi connectivity index (χ0v) is 12.1. The smallest absolute Gasteiger partial charge is 0.288 e. The second kappa shape index (κ2) is 7.94. The summed E-state index contributed by atoms with van der Waals surface area (Å²) in [4.78, 5) is 0.533. The number of rotatable bonds is 8. The minimum absolute atomic E-state index is 0.121. The molecule has 0 fully saturated rings. The number of nitrogens with zero attached hydrogens (tertiary/aromatic N) is 3. The first-order valence-corrected chi connectivity index (χ1v) is 7.34. The summed E-state index contributed by atoms with van der Waals surface area (Å²) in [5.74, 6) is -2.40. The second-order valence-electron chi connectivity index (χ2n) is 4.31. The predicted molar refractivity (Wildman–Crippen MR) is 77.4 cm³/mol. The van der Waals surface area contributed by atoms with E-state index in [0.29, 0.717) is 36.2 Å². The fourth-order valence-corrected chi connectivity index (χ4v) is 2.21. The van der Waals surface area contributed by atoms with E-state index in [4.69, 9.17) is 5.11 Å². The standard InChI is InChI=1S/C13H16F2N4OS/c14-13(15)21-12-4-2-10(3-5-12)16-8-11-9-19(18-17-11)6-1-7-20/h2-5,9,13,16,20H,1,6-8H2. The van der Waals surface area contributed by atoms with Crippen LogP contribution in [-0.4, -0.2) is 32.5 Å². The number of hydrogen-bond donors (Lipinski definition) is 2. The van der Waals surface area contributed by atoms with Crippen LogP contribution in [-0.2, 0) is 13.1 Å². The van der Waals surface area contributed by atoms with Crippen LogP contribution in [0.25, 0.3) is 0 Å². The van der Waals surface area contributed by atoms with Gasteiger partial charge in [0.25, 0.3) is 5.76 Å². The van der Waals surface area contributed by atoms with Gasteiger partial charge in [-0.2, -0.15) is 8.78 Å². The number of alkyl halides is 2. The second-order valence-corrected chi connectivity index (χ2v) is 5.37. The van der Waals surface area contributed by atoms with E-state index < -0.39 is 5.76 Å². The van der Waals surface area contributed by atoms with E-state index in [2.05, 4.69) is 15.6 Å². The van der Waals surface area contributed by atoms with E-state index in [0.717, 1.165) is 11.4 Å². The van der Waals surface area contributed by atoms with Crippen LogP contribution in [0.15, 0.2) is 35.4 Å². The lowest BCUT2D eigenvalue weighted by atomic mass is 10.3. The fraction of sp³-hybridized carbons (Fsp3) is 0.385. The first kappa shape index (κ1) is 15.7. The zero-order valence-electron chi connectivity index (χ0n) is 11.2. The maximum absolute atomic E-state index is 12.2. The molecule has 1 heterocycles. The van der Waals surface area contributed by atoms with Gasteiger partial charge >= 0.3 is 0 Å². The number of nitrogens with one attached hydrogen (secondary N) is 1. The van der Waals surface area contributed by atoms with Gasteiger partial charge in [0, 0.05) is 23.7 Å². The van der Waals surface area contributed by atoms with Crippen molar-refractivity contribution in [3.63, 3.8) is 0 Å². The average Bonchev–Trinajstić information content (AvgIpc) is 2.92. The maximum Gasteiger partial charge on any atom is 0.288 e. The Labute approximate surface area is 125 Å². The van der Waals surface area contributed by atoms with Crippen LogP contribution in [0, 0.1) is 0 Å². The van der Waals surface area contributed by atoms with Crippen molar-refractivity contribution in [2.75, 3.05) is 11.9 Å². The number of halogens is 2. The van der Waals surface area contributed by atoms with Gasteiger partial charge in [-0.25, -0.2) is 0 Å². The van der Waals surface area contributed by atoms with E-state index in [1.807, 2.05) is 6.20 Å². The molecule has 2 rings (SSSR count). The molecule has 114 valence electrons. The van der Waals surface area contributed by atoms with Crippen molar-refractivity contribution >= 4 is 17.4 Å². The Morgan fingerprint density at radius 1 is 1.29 bits per heavy atom. The highest BCUT2D eigenvalue weighted by Crippen LogP contribution is 2.26. The molecule has 0 unspecified atom stereocenters. The Bertz CT molecular complexity index is 547. The van der Waals surface area contributed by atoms with Gasteiger partial charge < -0.3 is 10.4 Å². The van der Waals surface area contributed by atoms with E-state index in [9.17, 15) is 8.78 Å². The summed E-state index contributed by atoms with van der Waals surface area (Å²) >= 11 is 0.525. The Balaban J connectivity index is 1.83. The fourth-order valence-electron chi connectivity index (χ4n) is 1.71. The summed E-state index contributed by atoms with van der Waals surface area (Å²) in [7, 11) is 0. The highest BCUT2D eigenvalue weighted by molar-refractivity contribution is 7.99. The molecule has 0 saturated carbocycles. The van der Waals surface area contributed by atoms with Crippen molar-refractivity contribution in [1.82, 2.24) is 15.0 Å². The number of thioether (sulfide) groups is 1. The molecule has 1 aromatic carbocycles. The number of hydrogen-bond acceptors (Lipinski definition) is 5. The van der Waals surface area contributed by atoms with Gasteiger partial charge in [0.2, 0.25) is 0 Å². The van der Waals surface area contributed by atoms with Crippen LogP contribution in [0.3, 0.4) is 0 Å². The number of anilines is 1. The third kappa shape index (κ3) is 5.31. The Morgan fingerprint density at radius 3 is 2.71 bits per heavy atom. The zero-order chi connectivity index (χ0) is 15.1. The molecule has 1 aromatic heterocycles. The third-order valence-corrected chi connectivity index (χ3v) is 3.41. The SMILES string of the molecule is OCCCn1cc(CNc2ccc(SC(F)F)cc2)nn1. The summed E-state index contributed by atoms with van der Waals surface area (Å²) in [5.41, 5.74) is 1.61. The molecule has 0 atom stereocenters. The minimum atomic E-state index is -2.40. The van der Waals surface area contributed by atoms with E-state index in [-0.39, 0.29) is 6.61 Å². The summed E-state index contributed by atoms with van der Waals surface area (Å²) in [6.07, 6.45) is 2.45. The van der Waals surface area contributed by atoms with Crippen LogP contribution in [0.2, 0.25) is 0 Å². The van der Waals surface area contributed by atoms with Gasteiger partial charge in [0.05, 0.1) is 12.7 Å². The molecule has 0 aliphatic heterocycles. The monoisotopic (exact) mass is 314 g/mol. The van der Waals surface area contributed by atoms with Gasteiger partial charge in [-0.15, -0.1) is 5.10 Å². The molecule has 0 aliphatic carbocycles. The molecule has 21 heavy (non-hydrogen) atoms. The van der Waals surface area contributed by atoms with E-state index in [1.165, 1.54) is 0 Å². The topological polar surface area (TPSA) is 63.0 Å². The maximum atomic E-state index is 12.2. The van der Waals surface area contributed by atoms with Crippen LogP contribution >= 0.6 is 11.8 Å². The number of aliphatic hydroxyl groups excluding tert-OH is 1. The van der Waals surface area contributed by atoms with Gasteiger partial charge in [-0.1, -0.05) is 17.0 Å². The average molecular weight is 314 g/mol. The van der Waals surface area contributed by atoms with Crippen LogP contribution in [0.4, 0.5) is 14.5 Å². The molecule has 0 saturated heterocycles. The summed E-state index contributed by atoms with van der Waals surface area (Å²) in [6, 6.07) is 6.80. The molecule has 0 radical (unpaired) electrons. The van der Waals surface area contributed by atoms with Crippen LogP contribution in [0.5, 0.6) is 0 Å². The Kier molecular flexibility index (Phi) is 5.94. The molecular formula is C13H16F2N4OS. The van der Waals surface area contributed by atoms with Crippen LogP contribution in [0.1, 0.15) is 12.1 Å². The van der Waals surface area contributed by atoms with Crippen LogP contribution < -0.4 is 5.32 Å².